The van der Waals surface area contributed by atoms with Gasteiger partial charge in [0.2, 0.25) is 0 Å². The SMILES string of the molecule is COC(=O)c1cnc2c(c1)CC(C)(c1ccccc1)N2. The molecule has 0 spiro atoms. The minimum atomic E-state index is -0.353. The van der Waals surface area contributed by atoms with Crippen molar-refractivity contribution in [2.45, 2.75) is 18.9 Å². The molecule has 0 saturated carbocycles. The van der Waals surface area contributed by atoms with Gasteiger partial charge in [-0.3, -0.25) is 0 Å². The van der Waals surface area contributed by atoms with Crippen LogP contribution in [-0.4, -0.2) is 18.1 Å². The fourth-order valence-electron chi connectivity index (χ4n) is 2.65. The van der Waals surface area contributed by atoms with Crippen LogP contribution in [0.5, 0.6) is 0 Å². The number of aromatic nitrogens is 1. The quantitative estimate of drug-likeness (QED) is 0.851. The first-order valence-electron chi connectivity index (χ1n) is 6.53. The van der Waals surface area contributed by atoms with E-state index in [1.807, 2.05) is 24.3 Å². The molecule has 0 aliphatic carbocycles. The van der Waals surface area contributed by atoms with Crippen LogP contribution in [0.4, 0.5) is 5.82 Å². The Hall–Kier alpha value is -2.36. The Kier molecular flexibility index (Phi) is 2.93. The van der Waals surface area contributed by atoms with Crippen LogP contribution in [0.25, 0.3) is 0 Å². The summed E-state index contributed by atoms with van der Waals surface area (Å²) in [6.07, 6.45) is 2.35. The summed E-state index contributed by atoms with van der Waals surface area (Å²) in [6, 6.07) is 12.1. The third-order valence-electron chi connectivity index (χ3n) is 3.74. The molecule has 0 amide bonds. The Morgan fingerprint density at radius 2 is 2.10 bits per heavy atom. The van der Waals surface area contributed by atoms with Gasteiger partial charge in [0.25, 0.3) is 0 Å². The van der Waals surface area contributed by atoms with Gasteiger partial charge in [-0.1, -0.05) is 30.3 Å². The highest BCUT2D eigenvalue weighted by molar-refractivity contribution is 5.89. The molecule has 1 aromatic heterocycles. The second-order valence-corrected chi connectivity index (χ2v) is 5.22. The van der Waals surface area contributed by atoms with Crippen molar-refractivity contribution in [1.29, 1.82) is 0 Å². The first-order valence-corrected chi connectivity index (χ1v) is 6.53. The zero-order valence-corrected chi connectivity index (χ0v) is 11.5. The number of nitrogens with zero attached hydrogens (tertiary/aromatic N) is 1. The number of esters is 1. The van der Waals surface area contributed by atoms with E-state index >= 15 is 0 Å². The number of ether oxygens (including phenoxy) is 1. The molecule has 102 valence electrons. The van der Waals surface area contributed by atoms with E-state index in [1.54, 1.807) is 6.20 Å². The summed E-state index contributed by atoms with van der Waals surface area (Å²) in [4.78, 5) is 15.9. The monoisotopic (exact) mass is 268 g/mol. The zero-order chi connectivity index (χ0) is 14.2. The topological polar surface area (TPSA) is 51.2 Å². The lowest BCUT2D eigenvalue weighted by molar-refractivity contribution is 0.0600. The summed E-state index contributed by atoms with van der Waals surface area (Å²) in [5, 5.41) is 3.45. The third-order valence-corrected chi connectivity index (χ3v) is 3.74. The molecule has 0 fully saturated rings. The van der Waals surface area contributed by atoms with Crippen molar-refractivity contribution in [3.63, 3.8) is 0 Å². The maximum Gasteiger partial charge on any atom is 0.339 e. The first-order chi connectivity index (χ1) is 9.62. The smallest absolute Gasteiger partial charge is 0.339 e. The molecule has 2 heterocycles. The van der Waals surface area contributed by atoms with E-state index in [-0.39, 0.29) is 11.5 Å². The van der Waals surface area contributed by atoms with Crippen molar-refractivity contribution in [1.82, 2.24) is 4.98 Å². The molecule has 0 bridgehead atoms. The number of hydrogen-bond donors (Lipinski definition) is 1. The second kappa shape index (κ2) is 4.63. The van der Waals surface area contributed by atoms with Crippen LogP contribution < -0.4 is 5.32 Å². The Balaban J connectivity index is 1.94. The van der Waals surface area contributed by atoms with E-state index in [0.29, 0.717) is 5.56 Å². The molecule has 1 aromatic carbocycles. The standard InChI is InChI=1S/C16H16N2O2/c1-16(13-6-4-3-5-7-13)9-11-8-12(15(19)20-2)10-17-14(11)18-16/h3-8,10H,9H2,1-2H3,(H,17,18). The zero-order valence-electron chi connectivity index (χ0n) is 11.5. The van der Waals surface area contributed by atoms with E-state index in [0.717, 1.165) is 17.8 Å². The number of anilines is 1. The van der Waals surface area contributed by atoms with Gasteiger partial charge in [-0.15, -0.1) is 0 Å². The number of hydrogen-bond acceptors (Lipinski definition) is 4. The lowest BCUT2D eigenvalue weighted by atomic mass is 9.89. The molecule has 1 atom stereocenters. The number of fused-ring (bicyclic) bond motifs is 1. The van der Waals surface area contributed by atoms with E-state index in [4.69, 9.17) is 4.74 Å². The molecule has 3 rings (SSSR count). The highest BCUT2D eigenvalue weighted by atomic mass is 16.5. The highest BCUT2D eigenvalue weighted by Crippen LogP contribution is 2.37. The van der Waals surface area contributed by atoms with Gasteiger partial charge in [-0.2, -0.15) is 0 Å². The van der Waals surface area contributed by atoms with Crippen LogP contribution in [0.3, 0.4) is 0 Å². The van der Waals surface area contributed by atoms with Gasteiger partial charge in [-0.05, 0) is 24.1 Å². The summed E-state index contributed by atoms with van der Waals surface area (Å²) < 4.78 is 4.73. The van der Waals surface area contributed by atoms with Crippen LogP contribution in [0.15, 0.2) is 42.6 Å². The van der Waals surface area contributed by atoms with Crippen LogP contribution in [0.1, 0.15) is 28.4 Å². The summed E-state index contributed by atoms with van der Waals surface area (Å²) >= 11 is 0. The Morgan fingerprint density at radius 3 is 2.80 bits per heavy atom. The fraction of sp³-hybridized carbons (Fsp3) is 0.250. The average Bonchev–Trinajstić information content (AvgIpc) is 2.84. The molecule has 1 unspecified atom stereocenters. The lowest BCUT2D eigenvalue weighted by Crippen LogP contribution is -2.29. The fourth-order valence-corrected chi connectivity index (χ4v) is 2.65. The van der Waals surface area contributed by atoms with Gasteiger partial charge in [0.1, 0.15) is 5.82 Å². The van der Waals surface area contributed by atoms with E-state index in [9.17, 15) is 4.79 Å². The molecule has 2 aromatic rings. The predicted octanol–water partition coefficient (Wildman–Crippen LogP) is 2.75. The first kappa shape index (κ1) is 12.7. The number of pyridine rings is 1. The minimum Gasteiger partial charge on any atom is -0.465 e. The number of carbonyl (C=O) groups excluding carboxylic acids is 1. The molecule has 0 saturated heterocycles. The molecule has 1 N–H and O–H groups in total. The summed E-state index contributed by atoms with van der Waals surface area (Å²) in [7, 11) is 1.38. The van der Waals surface area contributed by atoms with Gasteiger partial charge in [0.05, 0.1) is 18.2 Å². The predicted molar refractivity (Wildman–Crippen MR) is 76.7 cm³/mol. The van der Waals surface area contributed by atoms with Crippen molar-refractivity contribution in [2.24, 2.45) is 0 Å². The van der Waals surface area contributed by atoms with E-state index in [2.05, 4.69) is 29.4 Å². The van der Waals surface area contributed by atoms with Gasteiger partial charge < -0.3 is 10.1 Å². The van der Waals surface area contributed by atoms with Gasteiger partial charge in [-0.25, -0.2) is 9.78 Å². The van der Waals surface area contributed by atoms with E-state index in [1.165, 1.54) is 12.7 Å². The minimum absolute atomic E-state index is 0.189. The van der Waals surface area contributed by atoms with Crippen molar-refractivity contribution < 1.29 is 9.53 Å². The van der Waals surface area contributed by atoms with E-state index < -0.39 is 0 Å². The summed E-state index contributed by atoms with van der Waals surface area (Å²) in [5.41, 5.74) is 2.55. The molecule has 4 nitrogen and oxygen atoms in total. The highest BCUT2D eigenvalue weighted by Gasteiger charge is 2.35. The second-order valence-electron chi connectivity index (χ2n) is 5.22. The maximum absolute atomic E-state index is 11.6. The van der Waals surface area contributed by atoms with Crippen LogP contribution in [0.2, 0.25) is 0 Å². The van der Waals surface area contributed by atoms with Crippen LogP contribution >= 0.6 is 0 Å². The number of carbonyl (C=O) groups is 1. The molecular formula is C16H16N2O2. The van der Waals surface area contributed by atoms with Crippen molar-refractivity contribution >= 4 is 11.8 Å². The molecule has 1 aliphatic rings. The van der Waals surface area contributed by atoms with Crippen LogP contribution in [0, 0.1) is 0 Å². The third kappa shape index (κ3) is 2.03. The van der Waals surface area contributed by atoms with Crippen molar-refractivity contribution in [3.8, 4) is 0 Å². The molecular weight excluding hydrogens is 252 g/mol. The summed E-state index contributed by atoms with van der Waals surface area (Å²) in [6.45, 7) is 2.14. The molecule has 4 heteroatoms. The summed E-state index contributed by atoms with van der Waals surface area (Å²) in [5.74, 6) is 0.484. The van der Waals surface area contributed by atoms with Gasteiger partial charge in [0.15, 0.2) is 0 Å². The Morgan fingerprint density at radius 1 is 1.35 bits per heavy atom. The Labute approximate surface area is 117 Å². The molecule has 0 radical (unpaired) electrons. The maximum atomic E-state index is 11.6. The number of rotatable bonds is 2. The van der Waals surface area contributed by atoms with Crippen molar-refractivity contribution in [2.75, 3.05) is 12.4 Å². The number of nitrogens with one attached hydrogen (secondary N) is 1. The number of benzene rings is 1. The van der Waals surface area contributed by atoms with Gasteiger partial charge in [0, 0.05) is 12.6 Å². The normalized spacial score (nSPS) is 20.1. The molecule has 1 aliphatic heterocycles. The Bertz CT molecular complexity index is 655. The lowest BCUT2D eigenvalue weighted by Gasteiger charge is -2.25. The number of methoxy groups -OCH3 is 1. The van der Waals surface area contributed by atoms with Gasteiger partial charge >= 0.3 is 5.97 Å². The molecule has 20 heavy (non-hydrogen) atoms. The largest absolute Gasteiger partial charge is 0.465 e. The van der Waals surface area contributed by atoms with Crippen molar-refractivity contribution in [3.05, 3.63) is 59.3 Å². The van der Waals surface area contributed by atoms with Crippen LogP contribution in [-0.2, 0) is 16.7 Å². The average molecular weight is 268 g/mol.